The maximum Gasteiger partial charge on any atom is 0.416 e. The van der Waals surface area contributed by atoms with Crippen molar-refractivity contribution < 1.29 is 27.5 Å². The minimum atomic E-state index is -4.54. The molecule has 6 nitrogen and oxygen atoms in total. The van der Waals surface area contributed by atoms with E-state index in [-0.39, 0.29) is 17.9 Å². The molecule has 28 heavy (non-hydrogen) atoms. The third-order valence-corrected chi connectivity index (χ3v) is 4.69. The van der Waals surface area contributed by atoms with E-state index in [4.69, 9.17) is 0 Å². The SMILES string of the molecule is COC(=O)CSCCC(=O)Nc1cc(C(F)(F)F)ccc1-n1nc(C)cc1C. The number of nitrogens with one attached hydrogen (secondary N) is 1. The van der Waals surface area contributed by atoms with Gasteiger partial charge in [0.05, 0.1) is 35.5 Å². The fraction of sp³-hybridized carbons (Fsp3) is 0.389. The van der Waals surface area contributed by atoms with Crippen molar-refractivity contribution >= 4 is 29.3 Å². The van der Waals surface area contributed by atoms with Crippen LogP contribution in [0.5, 0.6) is 0 Å². The van der Waals surface area contributed by atoms with Crippen molar-refractivity contribution in [1.29, 1.82) is 0 Å². The van der Waals surface area contributed by atoms with Crippen LogP contribution in [0.2, 0.25) is 0 Å². The van der Waals surface area contributed by atoms with E-state index in [0.717, 1.165) is 17.8 Å². The number of carbonyl (C=O) groups is 2. The number of hydrogen-bond acceptors (Lipinski definition) is 5. The zero-order valence-corrected chi connectivity index (χ0v) is 16.4. The van der Waals surface area contributed by atoms with Crippen LogP contribution >= 0.6 is 11.8 Å². The third kappa shape index (κ3) is 5.75. The number of nitrogens with zero attached hydrogens (tertiary/aromatic N) is 2. The number of methoxy groups -OCH3 is 1. The van der Waals surface area contributed by atoms with Crippen molar-refractivity contribution in [3.05, 3.63) is 41.2 Å². The largest absolute Gasteiger partial charge is 0.468 e. The summed E-state index contributed by atoms with van der Waals surface area (Å²) in [6.45, 7) is 3.54. The summed E-state index contributed by atoms with van der Waals surface area (Å²) in [5, 5.41) is 6.80. The molecular formula is C18H20F3N3O3S. The number of rotatable bonds is 7. The number of alkyl halides is 3. The second kappa shape index (κ2) is 9.13. The quantitative estimate of drug-likeness (QED) is 0.551. The van der Waals surface area contributed by atoms with Crippen LogP contribution in [0.4, 0.5) is 18.9 Å². The van der Waals surface area contributed by atoms with Crippen LogP contribution in [0.25, 0.3) is 5.69 Å². The Morgan fingerprint density at radius 2 is 1.96 bits per heavy atom. The monoisotopic (exact) mass is 415 g/mol. The highest BCUT2D eigenvalue weighted by atomic mass is 32.2. The van der Waals surface area contributed by atoms with Gasteiger partial charge in [-0.1, -0.05) is 0 Å². The number of carbonyl (C=O) groups excluding carboxylic acids is 2. The van der Waals surface area contributed by atoms with Crippen LogP contribution in [0.1, 0.15) is 23.4 Å². The second-order valence-electron chi connectivity index (χ2n) is 6.00. The average Bonchev–Trinajstić information content (AvgIpc) is 2.95. The number of amides is 1. The number of aryl methyl sites for hydroxylation is 2. The van der Waals surface area contributed by atoms with E-state index < -0.39 is 23.6 Å². The molecule has 0 radical (unpaired) electrons. The number of halogens is 3. The van der Waals surface area contributed by atoms with Crippen LogP contribution < -0.4 is 5.32 Å². The summed E-state index contributed by atoms with van der Waals surface area (Å²) in [6, 6.07) is 4.91. The van der Waals surface area contributed by atoms with Crippen molar-refractivity contribution in [2.75, 3.05) is 23.9 Å². The van der Waals surface area contributed by atoms with E-state index in [1.165, 1.54) is 29.6 Å². The van der Waals surface area contributed by atoms with Gasteiger partial charge >= 0.3 is 12.1 Å². The molecule has 10 heteroatoms. The lowest BCUT2D eigenvalue weighted by Crippen LogP contribution is -2.17. The van der Waals surface area contributed by atoms with Gasteiger partial charge in [-0.2, -0.15) is 18.3 Å². The number of hydrogen-bond donors (Lipinski definition) is 1. The predicted molar refractivity (Wildman–Crippen MR) is 101 cm³/mol. The van der Waals surface area contributed by atoms with Crippen LogP contribution in [0, 0.1) is 13.8 Å². The van der Waals surface area contributed by atoms with Gasteiger partial charge in [0.25, 0.3) is 0 Å². The van der Waals surface area contributed by atoms with Gasteiger partial charge in [0.1, 0.15) is 0 Å². The average molecular weight is 415 g/mol. The number of aromatic nitrogens is 2. The van der Waals surface area contributed by atoms with Crippen molar-refractivity contribution in [2.24, 2.45) is 0 Å². The lowest BCUT2D eigenvalue weighted by atomic mass is 10.1. The Bertz CT molecular complexity index is 865. The first-order valence-electron chi connectivity index (χ1n) is 8.31. The van der Waals surface area contributed by atoms with E-state index >= 15 is 0 Å². The Morgan fingerprint density at radius 1 is 1.25 bits per heavy atom. The third-order valence-electron chi connectivity index (χ3n) is 3.76. The summed E-state index contributed by atoms with van der Waals surface area (Å²) in [6.07, 6.45) is -4.50. The Hall–Kier alpha value is -2.49. The first-order valence-corrected chi connectivity index (χ1v) is 9.46. The van der Waals surface area contributed by atoms with Crippen molar-refractivity contribution in [2.45, 2.75) is 26.4 Å². The fourth-order valence-corrected chi connectivity index (χ4v) is 3.22. The molecule has 0 aliphatic carbocycles. The Labute approximate surface area is 164 Å². The molecule has 0 spiro atoms. The van der Waals surface area contributed by atoms with Crippen molar-refractivity contribution in [1.82, 2.24) is 9.78 Å². The molecule has 2 aromatic rings. The van der Waals surface area contributed by atoms with Gasteiger partial charge in [-0.25, -0.2) is 4.68 Å². The molecule has 0 fully saturated rings. The number of esters is 1. The maximum absolute atomic E-state index is 13.1. The van der Waals surface area contributed by atoms with Crippen LogP contribution in [0.15, 0.2) is 24.3 Å². The molecule has 0 unspecified atom stereocenters. The molecule has 0 bridgehead atoms. The molecule has 2 rings (SSSR count). The molecule has 1 aromatic carbocycles. The lowest BCUT2D eigenvalue weighted by molar-refractivity contribution is -0.138. The Kier molecular flexibility index (Phi) is 7.11. The molecule has 1 heterocycles. The molecule has 152 valence electrons. The standard InChI is InChI=1S/C18H20F3N3O3S/c1-11-8-12(2)24(23-11)15-5-4-13(18(19,20)21)9-14(15)22-16(25)6-7-28-10-17(26)27-3/h4-5,8-9H,6-7,10H2,1-3H3,(H,22,25). The number of anilines is 1. The van der Waals surface area contributed by atoms with E-state index in [9.17, 15) is 22.8 Å². The zero-order valence-electron chi connectivity index (χ0n) is 15.6. The molecule has 0 aliphatic heterocycles. The van der Waals surface area contributed by atoms with Crippen LogP contribution in [-0.4, -0.2) is 40.3 Å². The maximum atomic E-state index is 13.1. The molecular weight excluding hydrogens is 395 g/mol. The number of benzene rings is 1. The first-order chi connectivity index (χ1) is 13.1. The minimum absolute atomic E-state index is 0.0176. The number of ether oxygens (including phenoxy) is 1. The highest BCUT2D eigenvalue weighted by Crippen LogP contribution is 2.33. The normalized spacial score (nSPS) is 11.4. The molecule has 1 amide bonds. The topological polar surface area (TPSA) is 73.2 Å². The van der Waals surface area contributed by atoms with Gasteiger partial charge in [0.15, 0.2) is 0 Å². The first kappa shape index (κ1) is 21.8. The van der Waals surface area contributed by atoms with E-state index in [2.05, 4.69) is 15.2 Å². The van der Waals surface area contributed by atoms with Gasteiger partial charge in [0.2, 0.25) is 5.91 Å². The second-order valence-corrected chi connectivity index (χ2v) is 7.10. The van der Waals surface area contributed by atoms with Gasteiger partial charge in [-0.15, -0.1) is 11.8 Å². The van der Waals surface area contributed by atoms with Gasteiger partial charge in [-0.3, -0.25) is 9.59 Å². The molecule has 0 saturated carbocycles. The molecule has 0 saturated heterocycles. The van der Waals surface area contributed by atoms with Gasteiger partial charge in [-0.05, 0) is 38.1 Å². The molecule has 1 aromatic heterocycles. The van der Waals surface area contributed by atoms with Crippen LogP contribution in [0.3, 0.4) is 0 Å². The van der Waals surface area contributed by atoms with E-state index in [1.807, 2.05) is 0 Å². The fourth-order valence-electron chi connectivity index (χ4n) is 2.46. The number of thioether (sulfide) groups is 1. The smallest absolute Gasteiger partial charge is 0.416 e. The van der Waals surface area contributed by atoms with Crippen molar-refractivity contribution in [3.63, 3.8) is 0 Å². The van der Waals surface area contributed by atoms with E-state index in [1.54, 1.807) is 19.9 Å². The Balaban J connectivity index is 2.21. The van der Waals surface area contributed by atoms with Gasteiger partial charge < -0.3 is 10.1 Å². The lowest BCUT2D eigenvalue weighted by Gasteiger charge is -2.15. The van der Waals surface area contributed by atoms with Gasteiger partial charge in [0, 0.05) is 17.9 Å². The summed E-state index contributed by atoms with van der Waals surface area (Å²) < 4.78 is 45.3. The van der Waals surface area contributed by atoms with E-state index in [0.29, 0.717) is 17.1 Å². The zero-order chi connectivity index (χ0) is 20.9. The van der Waals surface area contributed by atoms with Crippen molar-refractivity contribution in [3.8, 4) is 5.69 Å². The summed E-state index contributed by atoms with van der Waals surface area (Å²) >= 11 is 1.21. The highest BCUT2D eigenvalue weighted by molar-refractivity contribution is 7.99. The summed E-state index contributed by atoms with van der Waals surface area (Å²) in [5.74, 6) is -0.436. The molecule has 0 atom stereocenters. The predicted octanol–water partition coefficient (Wildman–Crippen LogP) is 3.74. The summed E-state index contributed by atoms with van der Waals surface area (Å²) in [7, 11) is 1.27. The minimum Gasteiger partial charge on any atom is -0.468 e. The highest BCUT2D eigenvalue weighted by Gasteiger charge is 2.31. The molecule has 0 aliphatic rings. The Morgan fingerprint density at radius 3 is 2.54 bits per heavy atom. The summed E-state index contributed by atoms with van der Waals surface area (Å²) in [4.78, 5) is 23.3. The van der Waals surface area contributed by atoms with Crippen LogP contribution in [-0.2, 0) is 20.5 Å². The summed E-state index contributed by atoms with van der Waals surface area (Å²) in [5.41, 5.74) is 0.918. The molecule has 1 N–H and O–H groups in total.